The third-order valence-corrected chi connectivity index (χ3v) is 18.4. The van der Waals surface area contributed by atoms with E-state index in [4.69, 9.17) is 18.0 Å². The first kappa shape index (κ1) is 33.0. The van der Waals surface area contributed by atoms with Crippen molar-refractivity contribution in [2.75, 3.05) is 14.2 Å². The monoisotopic (exact) mass is 594 g/mol. The zero-order chi connectivity index (χ0) is 29.5. The van der Waals surface area contributed by atoms with E-state index < -0.39 is 16.9 Å². The van der Waals surface area contributed by atoms with Gasteiger partial charge in [0.15, 0.2) is 8.32 Å². The third kappa shape index (κ3) is 6.17. The lowest BCUT2D eigenvalue weighted by Gasteiger charge is -2.60. The largest absolute Gasteiger partial charge is 0.431 e. The van der Waals surface area contributed by atoms with E-state index in [0.29, 0.717) is 40.6 Å². The van der Waals surface area contributed by atoms with Gasteiger partial charge < -0.3 is 18.0 Å². The molecule has 3 saturated carbocycles. The third-order valence-electron chi connectivity index (χ3n) is 12.9. The number of unbranched alkanes of at least 4 members (excludes halogenated alkanes) is 2. The van der Waals surface area contributed by atoms with Gasteiger partial charge in [-0.25, -0.2) is 0 Å². The molecule has 3 fully saturated rings. The fourth-order valence-electron chi connectivity index (χ4n) is 9.55. The summed E-state index contributed by atoms with van der Waals surface area (Å²) in [5.41, 5.74) is 0.726. The van der Waals surface area contributed by atoms with Crippen LogP contribution in [0.2, 0.25) is 18.1 Å². The topological polar surface area (TPSA) is 36.9 Å². The molecule has 0 radical (unpaired) electrons. The molecule has 0 aromatic heterocycles. The van der Waals surface area contributed by atoms with Crippen LogP contribution in [0.4, 0.5) is 0 Å². The van der Waals surface area contributed by atoms with Gasteiger partial charge in [-0.2, -0.15) is 0 Å². The van der Waals surface area contributed by atoms with Crippen molar-refractivity contribution in [3.8, 4) is 0 Å². The zero-order valence-corrected chi connectivity index (χ0v) is 29.9. The predicted octanol–water partition coefficient (Wildman–Crippen LogP) is 10.9. The van der Waals surface area contributed by atoms with Gasteiger partial charge in [-0.1, -0.05) is 74.1 Å². The van der Waals surface area contributed by atoms with Gasteiger partial charge in [0.1, 0.15) is 5.76 Å². The molecule has 4 aliphatic carbocycles. The lowest BCUT2D eigenvalue weighted by Crippen LogP contribution is -2.55. The van der Waals surface area contributed by atoms with Crippen LogP contribution in [0.3, 0.4) is 0 Å². The average Bonchev–Trinajstić information content (AvgIpc) is 3.24. The summed E-state index contributed by atoms with van der Waals surface area (Å²) in [4.78, 5) is 0. The number of allylic oxidation sites excluding steroid dienone is 2. The molecule has 0 amide bonds. The van der Waals surface area contributed by atoms with Crippen molar-refractivity contribution in [2.45, 2.75) is 143 Å². The molecule has 0 aromatic carbocycles. The van der Waals surface area contributed by atoms with Gasteiger partial charge in [0, 0.05) is 26.2 Å². The summed E-state index contributed by atoms with van der Waals surface area (Å²) in [6, 6.07) is 0. The highest BCUT2D eigenvalue weighted by atomic mass is 31.2. The first-order valence-corrected chi connectivity index (χ1v) is 20.7. The highest BCUT2D eigenvalue weighted by Gasteiger charge is 2.62. The second-order valence-corrected chi connectivity index (χ2v) is 22.2. The van der Waals surface area contributed by atoms with E-state index in [9.17, 15) is 0 Å². The van der Waals surface area contributed by atoms with Crippen molar-refractivity contribution >= 4 is 16.9 Å². The lowest BCUT2D eigenvalue weighted by atomic mass is 9.46. The Morgan fingerprint density at radius 2 is 1.62 bits per heavy atom. The summed E-state index contributed by atoms with van der Waals surface area (Å²) < 4.78 is 25.1. The van der Waals surface area contributed by atoms with Gasteiger partial charge in [-0.15, -0.1) is 0 Å². The maximum absolute atomic E-state index is 7.02. The molecule has 6 heteroatoms. The highest BCUT2D eigenvalue weighted by Crippen LogP contribution is 2.69. The molecule has 40 heavy (non-hydrogen) atoms. The Balaban J connectivity index is 1.63. The van der Waals surface area contributed by atoms with Gasteiger partial charge in [-0.3, -0.25) is 0 Å². The smallest absolute Gasteiger partial charge is 0.396 e. The summed E-state index contributed by atoms with van der Waals surface area (Å²) in [6.45, 7) is 22.1. The Morgan fingerprint density at radius 3 is 2.25 bits per heavy atom. The Hall–Kier alpha value is 0.0669. The van der Waals surface area contributed by atoms with E-state index >= 15 is 0 Å². The van der Waals surface area contributed by atoms with Crippen LogP contribution >= 0.6 is 8.60 Å². The van der Waals surface area contributed by atoms with Gasteiger partial charge in [0.05, 0.1) is 0 Å². The van der Waals surface area contributed by atoms with Crippen LogP contribution in [0.25, 0.3) is 0 Å². The molecule has 9 atom stereocenters. The minimum atomic E-state index is -1.81. The normalized spacial score (nSPS) is 38.9. The standard InChI is InChI=1S/C34H63O4PSi/c1-12-13-14-15-24(2)27-16-17-28-31-29(19-21-34(27,28)7)33(6)20-18-26(38-40(10,11)32(3,4)5)22-25(33)23-30(31)37-39(35-8)36-9/h23-29,31H,12-22H2,1-11H3/t24?,25?,26-,27?,28?,29?,31?,33-,34+/m0/s1. The van der Waals surface area contributed by atoms with Crippen LogP contribution in [0.1, 0.15) is 119 Å². The van der Waals surface area contributed by atoms with Crippen LogP contribution in [-0.2, 0) is 18.0 Å². The molecule has 4 rings (SSSR count). The molecular weight excluding hydrogens is 531 g/mol. The molecule has 0 heterocycles. The SMILES string of the molecule is CCCCCC(C)C1CCC2C3C(OP(OC)OC)=CC4C[C@@H](O[Si](C)(C)C(C)(C)C)CC[C@]4(C)C3CC[C@]12C. The minimum Gasteiger partial charge on any atom is -0.431 e. The summed E-state index contributed by atoms with van der Waals surface area (Å²) in [5.74, 6) is 5.20. The summed E-state index contributed by atoms with van der Waals surface area (Å²) in [6.07, 6.45) is 17.4. The maximum Gasteiger partial charge on any atom is 0.396 e. The Bertz CT molecular complexity index is 882. The summed E-state index contributed by atoms with van der Waals surface area (Å²) in [7, 11) is 0.270. The highest BCUT2D eigenvalue weighted by molar-refractivity contribution is 7.41. The second-order valence-electron chi connectivity index (χ2n) is 16.1. The number of hydrogen-bond acceptors (Lipinski definition) is 4. The minimum absolute atomic E-state index is 0.239. The van der Waals surface area contributed by atoms with Crippen LogP contribution < -0.4 is 0 Å². The lowest BCUT2D eigenvalue weighted by molar-refractivity contribution is -0.0953. The zero-order valence-electron chi connectivity index (χ0n) is 28.0. The van der Waals surface area contributed by atoms with Crippen LogP contribution in [-0.4, -0.2) is 28.6 Å². The van der Waals surface area contributed by atoms with Gasteiger partial charge in [-0.05, 0) is 110 Å². The maximum atomic E-state index is 7.02. The van der Waals surface area contributed by atoms with Gasteiger partial charge in [0.25, 0.3) is 0 Å². The van der Waals surface area contributed by atoms with E-state index in [-0.39, 0.29) is 5.04 Å². The second kappa shape index (κ2) is 12.6. The first-order valence-electron chi connectivity index (χ1n) is 16.7. The van der Waals surface area contributed by atoms with Gasteiger partial charge in [0.2, 0.25) is 0 Å². The van der Waals surface area contributed by atoms with E-state index in [0.717, 1.165) is 18.3 Å². The number of fused-ring (bicyclic) bond motifs is 5. The molecule has 0 N–H and O–H groups in total. The quantitative estimate of drug-likeness (QED) is 0.135. The molecule has 0 aromatic rings. The Kier molecular flexibility index (Phi) is 10.4. The number of rotatable bonds is 11. The molecule has 232 valence electrons. The average molecular weight is 595 g/mol. The molecule has 6 unspecified atom stereocenters. The molecule has 0 spiro atoms. The van der Waals surface area contributed by atoms with Crippen molar-refractivity contribution in [2.24, 2.45) is 46.3 Å². The predicted molar refractivity (Wildman–Crippen MR) is 171 cm³/mol. The van der Waals surface area contributed by atoms with Crippen molar-refractivity contribution in [1.29, 1.82) is 0 Å². The Labute approximate surface area is 250 Å². The number of hydrogen-bond donors (Lipinski definition) is 0. The molecular formula is C34H63O4PSi. The molecule has 0 aliphatic heterocycles. The van der Waals surface area contributed by atoms with E-state index in [1.54, 1.807) is 14.2 Å². The van der Waals surface area contributed by atoms with Crippen molar-refractivity contribution in [1.82, 2.24) is 0 Å². The van der Waals surface area contributed by atoms with Crippen molar-refractivity contribution in [3.63, 3.8) is 0 Å². The van der Waals surface area contributed by atoms with Crippen molar-refractivity contribution < 1.29 is 18.0 Å². The van der Waals surface area contributed by atoms with E-state index in [2.05, 4.69) is 67.6 Å². The molecule has 4 nitrogen and oxygen atoms in total. The van der Waals surface area contributed by atoms with E-state index in [1.165, 1.54) is 70.0 Å². The first-order chi connectivity index (χ1) is 18.7. The molecule has 0 bridgehead atoms. The van der Waals surface area contributed by atoms with Crippen LogP contribution in [0.5, 0.6) is 0 Å². The fraction of sp³-hybridized carbons (Fsp3) is 0.941. The van der Waals surface area contributed by atoms with E-state index in [1.807, 2.05) is 0 Å². The Morgan fingerprint density at radius 1 is 0.975 bits per heavy atom. The van der Waals surface area contributed by atoms with Crippen LogP contribution in [0, 0.1) is 46.3 Å². The molecule has 0 saturated heterocycles. The van der Waals surface area contributed by atoms with Gasteiger partial charge >= 0.3 is 8.60 Å². The summed E-state index contributed by atoms with van der Waals surface area (Å²) in [5, 5.41) is 0.239. The molecule has 4 aliphatic rings. The fourth-order valence-corrected chi connectivity index (χ4v) is 11.6. The summed E-state index contributed by atoms with van der Waals surface area (Å²) >= 11 is 0. The van der Waals surface area contributed by atoms with Crippen LogP contribution in [0.15, 0.2) is 11.8 Å². The van der Waals surface area contributed by atoms with Crippen molar-refractivity contribution in [3.05, 3.63) is 11.8 Å².